The number of nitriles is 1. The van der Waals surface area contributed by atoms with Gasteiger partial charge in [-0.3, -0.25) is 9.59 Å². The fourth-order valence-electron chi connectivity index (χ4n) is 1.84. The predicted molar refractivity (Wildman–Crippen MR) is 89.7 cm³/mol. The summed E-state index contributed by atoms with van der Waals surface area (Å²) in [5, 5.41) is 12.2. The second kappa shape index (κ2) is 7.92. The molecular weight excluding hydrogens is 312 g/mol. The molecule has 0 aliphatic rings. The number of halogens is 1. The van der Waals surface area contributed by atoms with Crippen molar-refractivity contribution in [2.24, 2.45) is 5.92 Å². The summed E-state index contributed by atoms with van der Waals surface area (Å²) in [6.07, 6.45) is 2.76. The maximum Gasteiger partial charge on any atom is 0.249 e. The van der Waals surface area contributed by atoms with Crippen LogP contribution in [0.1, 0.15) is 5.56 Å². The van der Waals surface area contributed by atoms with Gasteiger partial charge in [-0.2, -0.15) is 5.26 Å². The van der Waals surface area contributed by atoms with E-state index in [1.807, 2.05) is 0 Å². The molecule has 114 valence electrons. The van der Waals surface area contributed by atoms with E-state index < -0.39 is 17.6 Å². The molecule has 0 aliphatic heterocycles. The molecule has 1 atom stereocenters. The van der Waals surface area contributed by atoms with Crippen LogP contribution < -0.4 is 5.32 Å². The Morgan fingerprint density at radius 2 is 1.74 bits per heavy atom. The largest absolute Gasteiger partial charge is 0.325 e. The van der Waals surface area contributed by atoms with E-state index in [1.54, 1.807) is 66.7 Å². The summed E-state index contributed by atoms with van der Waals surface area (Å²) in [5.41, 5.74) is 1.29. The lowest BCUT2D eigenvalue weighted by Crippen LogP contribution is -2.27. The van der Waals surface area contributed by atoms with Crippen molar-refractivity contribution in [3.63, 3.8) is 0 Å². The van der Waals surface area contributed by atoms with Crippen LogP contribution >= 0.6 is 11.6 Å². The third-order valence-electron chi connectivity index (χ3n) is 3.03. The number of carbonyl (C=O) groups excluding carboxylic acids is 2. The third kappa shape index (κ3) is 4.80. The molecule has 23 heavy (non-hydrogen) atoms. The molecule has 0 bridgehead atoms. The minimum absolute atomic E-state index is 0.534. The van der Waals surface area contributed by atoms with Gasteiger partial charge in [0.25, 0.3) is 0 Å². The summed E-state index contributed by atoms with van der Waals surface area (Å²) in [5.74, 6) is -2.61. The molecule has 0 aliphatic carbocycles. The van der Waals surface area contributed by atoms with Crippen LogP contribution in [0.5, 0.6) is 0 Å². The number of hydrogen-bond acceptors (Lipinski definition) is 3. The van der Waals surface area contributed by atoms with Gasteiger partial charge >= 0.3 is 0 Å². The van der Waals surface area contributed by atoms with Gasteiger partial charge < -0.3 is 5.32 Å². The Hall–Kier alpha value is -2.90. The van der Waals surface area contributed by atoms with Crippen LogP contribution in [0.25, 0.3) is 6.08 Å². The Balaban J connectivity index is 2.05. The number of nitrogens with zero attached hydrogens (tertiary/aromatic N) is 1. The lowest BCUT2D eigenvalue weighted by Gasteiger charge is -2.07. The molecule has 1 amide bonds. The first-order valence-corrected chi connectivity index (χ1v) is 7.21. The molecule has 0 radical (unpaired) electrons. The number of ketones is 1. The van der Waals surface area contributed by atoms with E-state index in [1.165, 1.54) is 6.08 Å². The molecule has 0 spiro atoms. The Bertz CT molecular complexity index is 762. The van der Waals surface area contributed by atoms with Gasteiger partial charge in [-0.25, -0.2) is 0 Å². The van der Waals surface area contributed by atoms with E-state index in [-0.39, 0.29) is 0 Å². The first-order valence-electron chi connectivity index (χ1n) is 6.83. The van der Waals surface area contributed by atoms with E-state index in [0.717, 1.165) is 5.56 Å². The van der Waals surface area contributed by atoms with Crippen LogP contribution in [0.2, 0.25) is 5.02 Å². The maximum atomic E-state index is 12.1. The van der Waals surface area contributed by atoms with Gasteiger partial charge in [0.2, 0.25) is 5.91 Å². The average molecular weight is 325 g/mol. The molecular formula is C18H13ClN2O2. The lowest BCUT2D eigenvalue weighted by atomic mass is 10.0. The highest BCUT2D eigenvalue weighted by Crippen LogP contribution is 2.12. The molecule has 1 N–H and O–H groups in total. The van der Waals surface area contributed by atoms with Crippen molar-refractivity contribution in [3.8, 4) is 6.07 Å². The molecule has 4 nitrogen and oxygen atoms in total. The van der Waals surface area contributed by atoms with E-state index in [0.29, 0.717) is 10.7 Å². The summed E-state index contributed by atoms with van der Waals surface area (Å²) in [4.78, 5) is 24.1. The molecule has 0 aromatic heterocycles. The van der Waals surface area contributed by atoms with Crippen molar-refractivity contribution in [1.82, 2.24) is 0 Å². The number of amides is 1. The maximum absolute atomic E-state index is 12.1. The van der Waals surface area contributed by atoms with Gasteiger partial charge in [-0.05, 0) is 35.9 Å². The van der Waals surface area contributed by atoms with Crippen LogP contribution in [-0.2, 0) is 9.59 Å². The van der Waals surface area contributed by atoms with Crippen LogP contribution in [-0.4, -0.2) is 11.7 Å². The average Bonchev–Trinajstić information content (AvgIpc) is 2.56. The summed E-state index contributed by atoms with van der Waals surface area (Å²) < 4.78 is 0. The first-order chi connectivity index (χ1) is 11.1. The van der Waals surface area contributed by atoms with Crippen molar-refractivity contribution in [1.29, 1.82) is 5.26 Å². The standard InChI is InChI=1S/C18H13ClN2O2/c19-14-9-6-13(7-10-14)8-11-17(22)16(12-20)18(23)21-15-4-2-1-3-5-15/h1-11,16H,(H,21,23)/b11-8+/t16-/m1/s1. The van der Waals surface area contributed by atoms with Crippen LogP contribution in [0.4, 0.5) is 5.69 Å². The van der Waals surface area contributed by atoms with Crippen molar-refractivity contribution in [2.75, 3.05) is 5.32 Å². The van der Waals surface area contributed by atoms with E-state index in [9.17, 15) is 9.59 Å². The zero-order chi connectivity index (χ0) is 16.7. The van der Waals surface area contributed by atoms with Crippen LogP contribution in [0.3, 0.4) is 0 Å². The second-order valence-electron chi connectivity index (χ2n) is 4.70. The quantitative estimate of drug-likeness (QED) is 0.673. The number of allylic oxidation sites excluding steroid dienone is 1. The molecule has 0 heterocycles. The molecule has 2 rings (SSSR count). The SMILES string of the molecule is N#C[C@H](C(=O)/C=C/c1ccc(Cl)cc1)C(=O)Nc1ccccc1. The monoisotopic (exact) mass is 324 g/mol. The highest BCUT2D eigenvalue weighted by molar-refractivity contribution is 6.30. The van der Waals surface area contributed by atoms with Gasteiger partial charge in [0.1, 0.15) is 0 Å². The van der Waals surface area contributed by atoms with Gasteiger partial charge in [0, 0.05) is 10.7 Å². The Morgan fingerprint density at radius 3 is 2.35 bits per heavy atom. The predicted octanol–water partition coefficient (Wildman–Crippen LogP) is 3.70. The molecule has 0 saturated carbocycles. The van der Waals surface area contributed by atoms with Crippen LogP contribution in [0, 0.1) is 17.2 Å². The number of nitrogens with one attached hydrogen (secondary N) is 1. The van der Waals surface area contributed by atoms with Gasteiger partial charge in [0.15, 0.2) is 11.7 Å². The fraction of sp³-hybridized carbons (Fsp3) is 0.0556. The highest BCUT2D eigenvalue weighted by Gasteiger charge is 2.24. The first kappa shape index (κ1) is 16.5. The van der Waals surface area contributed by atoms with Gasteiger partial charge in [0.05, 0.1) is 6.07 Å². The number of hydrogen-bond donors (Lipinski definition) is 1. The molecule has 0 unspecified atom stereocenters. The van der Waals surface area contributed by atoms with Crippen molar-refractivity contribution in [3.05, 3.63) is 71.3 Å². The van der Waals surface area contributed by atoms with E-state index in [4.69, 9.17) is 16.9 Å². The Labute approximate surface area is 139 Å². The minimum Gasteiger partial charge on any atom is -0.325 e. The van der Waals surface area contributed by atoms with E-state index in [2.05, 4.69) is 5.32 Å². The van der Waals surface area contributed by atoms with Crippen molar-refractivity contribution >= 4 is 35.1 Å². The third-order valence-corrected chi connectivity index (χ3v) is 3.28. The normalized spacial score (nSPS) is 11.7. The van der Waals surface area contributed by atoms with Crippen molar-refractivity contribution < 1.29 is 9.59 Å². The summed E-state index contributed by atoms with van der Waals surface area (Å²) in [6, 6.07) is 17.2. The topological polar surface area (TPSA) is 70.0 Å². The number of rotatable bonds is 5. The van der Waals surface area contributed by atoms with Gasteiger partial charge in [-0.1, -0.05) is 48.0 Å². The van der Waals surface area contributed by atoms with E-state index >= 15 is 0 Å². The second-order valence-corrected chi connectivity index (χ2v) is 5.14. The summed E-state index contributed by atoms with van der Waals surface area (Å²) in [7, 11) is 0. The zero-order valence-electron chi connectivity index (χ0n) is 12.1. The van der Waals surface area contributed by atoms with Gasteiger partial charge in [-0.15, -0.1) is 0 Å². The van der Waals surface area contributed by atoms with Crippen LogP contribution in [0.15, 0.2) is 60.7 Å². The molecule has 0 fully saturated rings. The summed E-state index contributed by atoms with van der Waals surface area (Å²) >= 11 is 5.78. The number of carbonyl (C=O) groups is 2. The fourth-order valence-corrected chi connectivity index (χ4v) is 1.96. The van der Waals surface area contributed by atoms with Crippen molar-refractivity contribution in [2.45, 2.75) is 0 Å². The number of anilines is 1. The summed E-state index contributed by atoms with van der Waals surface area (Å²) in [6.45, 7) is 0. The Kier molecular flexibility index (Phi) is 5.67. The Morgan fingerprint density at radius 1 is 1.09 bits per heavy atom. The molecule has 5 heteroatoms. The zero-order valence-corrected chi connectivity index (χ0v) is 12.8. The smallest absolute Gasteiger partial charge is 0.249 e. The number of benzene rings is 2. The molecule has 2 aromatic carbocycles. The highest BCUT2D eigenvalue weighted by atomic mass is 35.5. The minimum atomic E-state index is -1.39. The number of para-hydroxylation sites is 1. The molecule has 0 saturated heterocycles. The molecule has 2 aromatic rings. The lowest BCUT2D eigenvalue weighted by molar-refractivity contribution is -0.126.